The van der Waals surface area contributed by atoms with Crippen molar-refractivity contribution >= 4 is 17.0 Å². The molecule has 0 saturated heterocycles. The highest BCUT2D eigenvalue weighted by Gasteiger charge is 2.28. The van der Waals surface area contributed by atoms with Gasteiger partial charge in [-0.3, -0.25) is 0 Å². The lowest BCUT2D eigenvalue weighted by molar-refractivity contribution is 0.943. The third-order valence-corrected chi connectivity index (χ3v) is 5.45. The molecular formula is C20H13N3S. The number of nitrogens with two attached hydrogens (primary N) is 1. The highest BCUT2D eigenvalue weighted by Crippen LogP contribution is 2.46. The summed E-state index contributed by atoms with van der Waals surface area (Å²) in [6.07, 6.45) is 1.71. The molecule has 0 unspecified atom stereocenters. The molecule has 1 heterocycles. The molecule has 0 atom stereocenters. The lowest BCUT2D eigenvalue weighted by Gasteiger charge is -2.25. The Morgan fingerprint density at radius 1 is 0.917 bits per heavy atom. The van der Waals surface area contributed by atoms with Crippen LogP contribution in [0.15, 0.2) is 41.8 Å². The molecule has 0 fully saturated rings. The number of benzene rings is 2. The van der Waals surface area contributed by atoms with Gasteiger partial charge in [0.1, 0.15) is 12.1 Å². The standard InChI is InChI=1S/C20H13N3S/c21-10-15-18-13-5-2-1-4-12(13)7-8-14(18)19(16(11-22)20(15)23)17-6-3-9-24-17/h1-6,9H,7-8,23H2. The van der Waals surface area contributed by atoms with Crippen molar-refractivity contribution in [2.75, 3.05) is 5.73 Å². The van der Waals surface area contributed by atoms with Crippen LogP contribution in [0.3, 0.4) is 0 Å². The van der Waals surface area contributed by atoms with Crippen LogP contribution in [-0.4, -0.2) is 0 Å². The van der Waals surface area contributed by atoms with Gasteiger partial charge in [-0.05, 0) is 41.0 Å². The molecular weight excluding hydrogens is 314 g/mol. The van der Waals surface area contributed by atoms with Crippen molar-refractivity contribution in [3.8, 4) is 33.7 Å². The second-order valence-corrected chi connectivity index (χ2v) is 6.70. The zero-order valence-corrected chi connectivity index (χ0v) is 13.7. The molecule has 114 valence electrons. The molecule has 4 heteroatoms. The van der Waals surface area contributed by atoms with Crippen molar-refractivity contribution in [2.45, 2.75) is 12.8 Å². The Morgan fingerprint density at radius 3 is 2.38 bits per heavy atom. The number of hydrogen-bond acceptors (Lipinski definition) is 4. The van der Waals surface area contributed by atoms with E-state index in [0.717, 1.165) is 40.0 Å². The second kappa shape index (κ2) is 5.53. The van der Waals surface area contributed by atoms with Gasteiger partial charge in [0.15, 0.2) is 0 Å². The van der Waals surface area contributed by atoms with Crippen LogP contribution in [0.4, 0.5) is 5.69 Å². The molecule has 1 aliphatic rings. The average Bonchev–Trinajstić information content (AvgIpc) is 3.14. The zero-order valence-electron chi connectivity index (χ0n) is 12.8. The summed E-state index contributed by atoms with van der Waals surface area (Å²) in [5.74, 6) is 0. The van der Waals surface area contributed by atoms with Gasteiger partial charge < -0.3 is 5.73 Å². The summed E-state index contributed by atoms with van der Waals surface area (Å²) in [5.41, 5.74) is 12.5. The maximum absolute atomic E-state index is 9.70. The molecule has 0 radical (unpaired) electrons. The van der Waals surface area contributed by atoms with Crippen LogP contribution < -0.4 is 5.73 Å². The summed E-state index contributed by atoms with van der Waals surface area (Å²) in [5, 5.41) is 21.4. The Bertz CT molecular complexity index is 1030. The Kier molecular flexibility index (Phi) is 3.34. The van der Waals surface area contributed by atoms with E-state index >= 15 is 0 Å². The summed E-state index contributed by atoms with van der Waals surface area (Å²) in [6, 6.07) is 16.6. The lowest BCUT2D eigenvalue weighted by atomic mass is 9.78. The van der Waals surface area contributed by atoms with Crippen molar-refractivity contribution in [1.82, 2.24) is 0 Å². The third-order valence-electron chi connectivity index (χ3n) is 4.56. The number of fused-ring (bicyclic) bond motifs is 3. The molecule has 4 rings (SSSR count). The minimum Gasteiger partial charge on any atom is -0.397 e. The predicted octanol–water partition coefficient (Wildman–Crippen LogP) is 4.51. The number of nitrogen functional groups attached to an aromatic ring is 1. The summed E-state index contributed by atoms with van der Waals surface area (Å²) >= 11 is 1.59. The summed E-state index contributed by atoms with van der Waals surface area (Å²) in [6.45, 7) is 0. The Labute approximate surface area is 144 Å². The van der Waals surface area contributed by atoms with E-state index in [9.17, 15) is 10.5 Å². The van der Waals surface area contributed by atoms with Crippen molar-refractivity contribution in [3.63, 3.8) is 0 Å². The molecule has 3 aromatic rings. The highest BCUT2D eigenvalue weighted by atomic mass is 32.1. The van der Waals surface area contributed by atoms with Crippen LogP contribution in [-0.2, 0) is 12.8 Å². The van der Waals surface area contributed by atoms with E-state index in [-0.39, 0.29) is 0 Å². The van der Waals surface area contributed by atoms with E-state index in [0.29, 0.717) is 16.8 Å². The van der Waals surface area contributed by atoms with E-state index in [4.69, 9.17) is 5.73 Å². The summed E-state index contributed by atoms with van der Waals surface area (Å²) in [7, 11) is 0. The minimum atomic E-state index is 0.291. The number of aryl methyl sites for hydroxylation is 1. The first-order valence-corrected chi connectivity index (χ1v) is 8.55. The third kappa shape index (κ3) is 1.94. The molecule has 1 aliphatic carbocycles. The number of nitrogens with zero attached hydrogens (tertiary/aromatic N) is 2. The topological polar surface area (TPSA) is 73.6 Å². The number of rotatable bonds is 1. The molecule has 24 heavy (non-hydrogen) atoms. The van der Waals surface area contributed by atoms with Gasteiger partial charge in [0.25, 0.3) is 0 Å². The number of hydrogen-bond donors (Lipinski definition) is 1. The average molecular weight is 327 g/mol. The van der Waals surface area contributed by atoms with E-state index in [1.807, 2.05) is 35.7 Å². The van der Waals surface area contributed by atoms with Gasteiger partial charge in [-0.15, -0.1) is 11.3 Å². The van der Waals surface area contributed by atoms with E-state index < -0.39 is 0 Å². The van der Waals surface area contributed by atoms with Gasteiger partial charge in [-0.25, -0.2) is 0 Å². The molecule has 0 saturated carbocycles. The fourth-order valence-corrected chi connectivity index (χ4v) is 4.34. The molecule has 2 N–H and O–H groups in total. The van der Waals surface area contributed by atoms with Gasteiger partial charge in [-0.2, -0.15) is 10.5 Å². The first-order valence-electron chi connectivity index (χ1n) is 7.67. The van der Waals surface area contributed by atoms with Crippen molar-refractivity contribution in [2.24, 2.45) is 0 Å². The van der Waals surface area contributed by atoms with Gasteiger partial charge in [0.2, 0.25) is 0 Å². The maximum Gasteiger partial charge on any atom is 0.102 e. The zero-order chi connectivity index (χ0) is 16.7. The van der Waals surface area contributed by atoms with Gasteiger partial charge >= 0.3 is 0 Å². The van der Waals surface area contributed by atoms with Crippen molar-refractivity contribution in [3.05, 3.63) is 64.0 Å². The fourth-order valence-electron chi connectivity index (χ4n) is 3.54. The highest BCUT2D eigenvalue weighted by molar-refractivity contribution is 7.13. The molecule has 0 bridgehead atoms. The first kappa shape index (κ1) is 14.5. The SMILES string of the molecule is N#Cc1c(N)c(C#N)c2c(c1-c1cccs1)CCc1ccccc1-2. The molecule has 0 amide bonds. The van der Waals surface area contributed by atoms with Crippen LogP contribution in [0.1, 0.15) is 22.3 Å². The molecule has 3 nitrogen and oxygen atoms in total. The quantitative estimate of drug-likeness (QED) is 0.668. The predicted molar refractivity (Wildman–Crippen MR) is 96.4 cm³/mol. The fraction of sp³-hybridized carbons (Fsp3) is 0.100. The van der Waals surface area contributed by atoms with Crippen molar-refractivity contribution in [1.29, 1.82) is 10.5 Å². The first-order chi connectivity index (χ1) is 11.8. The minimum absolute atomic E-state index is 0.291. The number of anilines is 1. The van der Waals surface area contributed by atoms with Crippen LogP contribution >= 0.6 is 11.3 Å². The second-order valence-electron chi connectivity index (χ2n) is 5.75. The van der Waals surface area contributed by atoms with Crippen LogP contribution in [0.2, 0.25) is 0 Å². The summed E-state index contributed by atoms with van der Waals surface area (Å²) < 4.78 is 0. The Hall–Kier alpha value is -3.08. The van der Waals surface area contributed by atoms with Crippen LogP contribution in [0.5, 0.6) is 0 Å². The number of thiophene rings is 1. The Morgan fingerprint density at radius 2 is 1.67 bits per heavy atom. The van der Waals surface area contributed by atoms with Gasteiger partial charge in [0, 0.05) is 16.0 Å². The molecule has 0 spiro atoms. The van der Waals surface area contributed by atoms with Gasteiger partial charge in [-0.1, -0.05) is 30.3 Å². The number of nitriles is 2. The van der Waals surface area contributed by atoms with Crippen LogP contribution in [0, 0.1) is 22.7 Å². The molecule has 0 aliphatic heterocycles. The van der Waals surface area contributed by atoms with Gasteiger partial charge in [0.05, 0.1) is 16.8 Å². The molecule has 2 aromatic carbocycles. The maximum atomic E-state index is 9.70. The van der Waals surface area contributed by atoms with Crippen molar-refractivity contribution < 1.29 is 0 Å². The van der Waals surface area contributed by atoms with E-state index in [1.165, 1.54) is 5.56 Å². The normalized spacial score (nSPS) is 11.9. The van der Waals surface area contributed by atoms with Crippen LogP contribution in [0.25, 0.3) is 21.6 Å². The lowest BCUT2D eigenvalue weighted by Crippen LogP contribution is -2.11. The Balaban J connectivity index is 2.19. The van der Waals surface area contributed by atoms with E-state index in [2.05, 4.69) is 18.2 Å². The smallest absolute Gasteiger partial charge is 0.102 e. The monoisotopic (exact) mass is 327 g/mol. The largest absolute Gasteiger partial charge is 0.397 e. The van der Waals surface area contributed by atoms with E-state index in [1.54, 1.807) is 11.3 Å². The summed E-state index contributed by atoms with van der Waals surface area (Å²) in [4.78, 5) is 1.03. The molecule has 1 aromatic heterocycles.